The zero-order chi connectivity index (χ0) is 32.6. The molecule has 2 atom stereocenters. The molecule has 45 heavy (non-hydrogen) atoms. The number of benzene rings is 4. The van der Waals surface area contributed by atoms with Gasteiger partial charge in [-0.05, 0) is 73.7 Å². The maximum Gasteiger partial charge on any atom is 0.264 e. The molecule has 236 valence electrons. The summed E-state index contributed by atoms with van der Waals surface area (Å²) in [7, 11) is -4.17. The summed E-state index contributed by atoms with van der Waals surface area (Å²) < 4.78 is 29.6. The van der Waals surface area contributed by atoms with Gasteiger partial charge in [-0.1, -0.05) is 97.4 Å². The van der Waals surface area contributed by atoms with E-state index in [-0.39, 0.29) is 29.8 Å². The lowest BCUT2D eigenvalue weighted by Crippen LogP contribution is -2.54. The summed E-state index contributed by atoms with van der Waals surface area (Å²) >= 11 is 6.57. The van der Waals surface area contributed by atoms with Crippen molar-refractivity contribution in [2.75, 3.05) is 10.8 Å². The minimum atomic E-state index is -4.17. The van der Waals surface area contributed by atoms with Crippen molar-refractivity contribution in [3.05, 3.63) is 130 Å². The largest absolute Gasteiger partial charge is 0.352 e. The number of sulfonamides is 1. The van der Waals surface area contributed by atoms with Crippen LogP contribution in [-0.2, 0) is 32.6 Å². The molecule has 0 radical (unpaired) electrons. The first-order chi connectivity index (χ1) is 21.5. The molecule has 4 rings (SSSR count). The number of carbonyl (C=O) groups is 2. The second kappa shape index (κ2) is 15.2. The zero-order valence-electron chi connectivity index (χ0n) is 26.1. The van der Waals surface area contributed by atoms with E-state index in [4.69, 9.17) is 11.6 Å². The summed E-state index contributed by atoms with van der Waals surface area (Å²) in [6.07, 6.45) is 0.937. The Balaban J connectivity index is 1.84. The van der Waals surface area contributed by atoms with Crippen molar-refractivity contribution >= 4 is 39.1 Å². The van der Waals surface area contributed by atoms with Crippen LogP contribution in [0.15, 0.2) is 108 Å². The highest BCUT2D eigenvalue weighted by atomic mass is 35.5. The van der Waals surface area contributed by atoms with Crippen LogP contribution in [0.25, 0.3) is 0 Å². The van der Waals surface area contributed by atoms with Crippen LogP contribution < -0.4 is 9.62 Å². The van der Waals surface area contributed by atoms with Crippen molar-refractivity contribution in [3.63, 3.8) is 0 Å². The molecule has 0 aromatic heterocycles. The van der Waals surface area contributed by atoms with E-state index in [1.165, 1.54) is 17.0 Å². The molecule has 0 aliphatic rings. The molecule has 7 nitrogen and oxygen atoms in total. The van der Waals surface area contributed by atoms with Crippen LogP contribution in [-0.4, -0.2) is 43.8 Å². The molecule has 0 bridgehead atoms. The monoisotopic (exact) mass is 645 g/mol. The van der Waals surface area contributed by atoms with Crippen LogP contribution >= 0.6 is 11.6 Å². The molecule has 0 aliphatic carbocycles. The number of carbonyl (C=O) groups excluding carboxylic acids is 2. The first kappa shape index (κ1) is 33.7. The van der Waals surface area contributed by atoms with Gasteiger partial charge < -0.3 is 10.2 Å². The number of rotatable bonds is 13. The van der Waals surface area contributed by atoms with Crippen LogP contribution in [0.3, 0.4) is 0 Å². The van der Waals surface area contributed by atoms with Gasteiger partial charge in [0.15, 0.2) is 0 Å². The maximum atomic E-state index is 14.6. The summed E-state index contributed by atoms with van der Waals surface area (Å²) in [6.45, 7) is 7.06. The van der Waals surface area contributed by atoms with Crippen molar-refractivity contribution in [1.82, 2.24) is 10.2 Å². The van der Waals surface area contributed by atoms with Crippen LogP contribution in [0.1, 0.15) is 42.5 Å². The molecule has 0 saturated heterocycles. The van der Waals surface area contributed by atoms with Crippen molar-refractivity contribution < 1.29 is 18.0 Å². The minimum absolute atomic E-state index is 0.00988. The normalized spacial score (nSPS) is 12.6. The second-order valence-corrected chi connectivity index (χ2v) is 13.5. The summed E-state index contributed by atoms with van der Waals surface area (Å²) in [4.78, 5) is 30.1. The molecule has 0 fully saturated rings. The summed E-state index contributed by atoms with van der Waals surface area (Å²) in [6, 6.07) is 29.1. The second-order valence-electron chi connectivity index (χ2n) is 11.3. The third-order valence-electron chi connectivity index (χ3n) is 7.81. The van der Waals surface area contributed by atoms with Gasteiger partial charge >= 0.3 is 0 Å². The van der Waals surface area contributed by atoms with E-state index in [2.05, 4.69) is 5.32 Å². The molecule has 4 aromatic carbocycles. The van der Waals surface area contributed by atoms with E-state index in [0.717, 1.165) is 15.4 Å². The van der Waals surface area contributed by atoms with Crippen LogP contribution in [0.4, 0.5) is 5.69 Å². The number of hydrogen-bond acceptors (Lipinski definition) is 4. The fourth-order valence-corrected chi connectivity index (χ4v) is 6.71. The minimum Gasteiger partial charge on any atom is -0.352 e. The van der Waals surface area contributed by atoms with Gasteiger partial charge in [-0.3, -0.25) is 13.9 Å². The Kier molecular flexibility index (Phi) is 11.4. The van der Waals surface area contributed by atoms with Gasteiger partial charge in [0.25, 0.3) is 10.0 Å². The average Bonchev–Trinajstić information content (AvgIpc) is 3.04. The third kappa shape index (κ3) is 8.53. The molecule has 0 spiro atoms. The Hall–Kier alpha value is -4.14. The van der Waals surface area contributed by atoms with E-state index in [1.807, 2.05) is 76.2 Å². The molecule has 2 amide bonds. The molecule has 4 aromatic rings. The van der Waals surface area contributed by atoms with Gasteiger partial charge in [-0.2, -0.15) is 0 Å². The maximum absolute atomic E-state index is 14.6. The topological polar surface area (TPSA) is 86.8 Å². The van der Waals surface area contributed by atoms with Crippen LogP contribution in [0, 0.1) is 13.8 Å². The highest BCUT2D eigenvalue weighted by Gasteiger charge is 2.35. The summed E-state index contributed by atoms with van der Waals surface area (Å²) in [5.74, 6) is -0.853. The Morgan fingerprint density at radius 2 is 1.49 bits per heavy atom. The first-order valence-electron chi connectivity index (χ1n) is 15.0. The Morgan fingerprint density at radius 3 is 2.13 bits per heavy atom. The number of nitrogens with zero attached hydrogens (tertiary/aromatic N) is 2. The van der Waals surface area contributed by atoms with E-state index in [1.54, 1.807) is 42.5 Å². The lowest BCUT2D eigenvalue weighted by molar-refractivity contribution is -0.140. The highest BCUT2D eigenvalue weighted by Crippen LogP contribution is 2.29. The van der Waals surface area contributed by atoms with Gasteiger partial charge in [-0.25, -0.2) is 8.42 Å². The van der Waals surface area contributed by atoms with Gasteiger partial charge in [0.1, 0.15) is 12.6 Å². The predicted octanol–water partition coefficient (Wildman–Crippen LogP) is 6.71. The lowest BCUT2D eigenvalue weighted by atomic mass is 10.0. The van der Waals surface area contributed by atoms with E-state index in [9.17, 15) is 18.0 Å². The van der Waals surface area contributed by atoms with Crippen molar-refractivity contribution in [1.29, 1.82) is 0 Å². The molecular weight excluding hydrogens is 606 g/mol. The summed E-state index contributed by atoms with van der Waals surface area (Å²) in [5.41, 5.74) is 3.45. The lowest BCUT2D eigenvalue weighted by Gasteiger charge is -2.35. The molecule has 0 aliphatic heterocycles. The molecule has 0 heterocycles. The van der Waals surface area contributed by atoms with Gasteiger partial charge in [0, 0.05) is 24.0 Å². The van der Waals surface area contributed by atoms with Crippen LogP contribution in [0.2, 0.25) is 5.02 Å². The van der Waals surface area contributed by atoms with Crippen LogP contribution in [0.5, 0.6) is 0 Å². The third-order valence-corrected chi connectivity index (χ3v) is 9.96. The van der Waals surface area contributed by atoms with E-state index in [0.29, 0.717) is 28.3 Å². The molecular formula is C36H40ClN3O4S. The quantitative estimate of drug-likeness (QED) is 0.175. The van der Waals surface area contributed by atoms with Crippen molar-refractivity contribution in [2.24, 2.45) is 0 Å². The Labute approximate surface area is 271 Å². The van der Waals surface area contributed by atoms with Crippen molar-refractivity contribution in [3.8, 4) is 0 Å². The Bertz CT molecular complexity index is 1720. The number of amides is 2. The van der Waals surface area contributed by atoms with Gasteiger partial charge in [0.2, 0.25) is 11.8 Å². The van der Waals surface area contributed by atoms with E-state index < -0.39 is 28.5 Å². The number of nitrogens with one attached hydrogen (secondary N) is 1. The van der Waals surface area contributed by atoms with Gasteiger partial charge in [-0.15, -0.1) is 0 Å². The number of anilines is 1. The van der Waals surface area contributed by atoms with Gasteiger partial charge in [0.05, 0.1) is 10.6 Å². The number of aryl methyl sites for hydroxylation is 2. The summed E-state index contributed by atoms with van der Waals surface area (Å²) in [5, 5.41) is 3.49. The fraction of sp³-hybridized carbons (Fsp3) is 0.278. The Morgan fingerprint density at radius 1 is 0.867 bits per heavy atom. The average molecular weight is 646 g/mol. The zero-order valence-corrected chi connectivity index (χ0v) is 27.7. The standard InChI is InChI=1S/C36H40ClN3O4S/c1-5-28(4)38-36(42)34(23-29-14-8-6-9-15-29)39(24-30-16-12-13-19-32(30)37)35(41)25-40(33-22-26(2)20-21-27(33)3)45(43,44)31-17-10-7-11-18-31/h6-22,28,34H,5,23-25H2,1-4H3,(H,38,42)/t28-,34+/m0/s1. The number of halogens is 1. The molecule has 1 N–H and O–H groups in total. The molecule has 0 saturated carbocycles. The molecule has 0 unspecified atom stereocenters. The fourth-order valence-electron chi connectivity index (χ4n) is 5.03. The first-order valence-corrected chi connectivity index (χ1v) is 16.8. The predicted molar refractivity (Wildman–Crippen MR) is 181 cm³/mol. The highest BCUT2D eigenvalue weighted by molar-refractivity contribution is 7.92. The number of hydrogen-bond donors (Lipinski definition) is 1. The smallest absolute Gasteiger partial charge is 0.264 e. The van der Waals surface area contributed by atoms with E-state index >= 15 is 0 Å². The SMILES string of the molecule is CC[C@H](C)NC(=O)[C@@H](Cc1ccccc1)N(Cc1ccccc1Cl)C(=O)CN(c1cc(C)ccc1C)S(=O)(=O)c1ccccc1. The van der Waals surface area contributed by atoms with Crippen molar-refractivity contribution in [2.45, 2.75) is 64.1 Å². The molecule has 9 heteroatoms.